The Morgan fingerprint density at radius 1 is 1.36 bits per heavy atom. The Bertz CT molecular complexity index is 317. The van der Waals surface area contributed by atoms with Crippen LogP contribution in [0.15, 0.2) is 30.3 Å². The molecule has 0 unspecified atom stereocenters. The normalized spacial score (nSPS) is 9.50. The second kappa shape index (κ2) is 6.65. The third-order valence-electron chi connectivity index (χ3n) is 1.53. The van der Waals surface area contributed by atoms with Crippen molar-refractivity contribution in [1.82, 2.24) is 0 Å². The van der Waals surface area contributed by atoms with E-state index in [1.165, 1.54) is 6.08 Å². The van der Waals surface area contributed by atoms with E-state index in [1.54, 1.807) is 31.4 Å². The predicted octanol–water partition coefficient (Wildman–Crippen LogP) is 1.14. The average Bonchev–Trinajstić information content (AvgIpc) is 2.15. The van der Waals surface area contributed by atoms with Crippen molar-refractivity contribution in [2.45, 2.75) is 0 Å². The standard InChI is InChI=1S/C10H10O3.Na.H/c1-13-9-5-2-8(3-6-9)4-7-10(11)12;;/h2-7H,1H3,(H,11,12);;/b7-4+;;. The molecule has 70 valence electrons. The molecule has 0 atom stereocenters. The monoisotopic (exact) mass is 202 g/mol. The number of methoxy groups -OCH3 is 1. The third kappa shape index (κ3) is 4.46. The van der Waals surface area contributed by atoms with Crippen molar-refractivity contribution in [3.8, 4) is 5.75 Å². The number of aliphatic carboxylic acids is 1. The number of carboxylic acids is 1. The van der Waals surface area contributed by atoms with Crippen molar-refractivity contribution in [3.05, 3.63) is 35.9 Å². The molecule has 14 heavy (non-hydrogen) atoms. The quantitative estimate of drug-likeness (QED) is 0.590. The minimum absolute atomic E-state index is 0. The van der Waals surface area contributed by atoms with E-state index in [0.29, 0.717) is 0 Å². The number of hydrogen-bond acceptors (Lipinski definition) is 2. The summed E-state index contributed by atoms with van der Waals surface area (Å²) in [5, 5.41) is 8.36. The molecule has 1 N–H and O–H groups in total. The summed E-state index contributed by atoms with van der Waals surface area (Å²) in [4.78, 5) is 10.2. The number of carbonyl (C=O) groups is 1. The van der Waals surface area contributed by atoms with Gasteiger partial charge in [0.15, 0.2) is 0 Å². The van der Waals surface area contributed by atoms with Gasteiger partial charge in [-0.2, -0.15) is 0 Å². The number of hydrogen-bond donors (Lipinski definition) is 1. The van der Waals surface area contributed by atoms with Crippen LogP contribution in [0.2, 0.25) is 0 Å². The Morgan fingerprint density at radius 2 is 1.93 bits per heavy atom. The molecule has 0 saturated carbocycles. The molecule has 1 rings (SSSR count). The molecule has 1 aromatic carbocycles. The molecule has 0 aliphatic heterocycles. The molecule has 0 saturated heterocycles. The number of rotatable bonds is 3. The third-order valence-corrected chi connectivity index (χ3v) is 1.53. The predicted molar refractivity (Wildman–Crippen MR) is 56.8 cm³/mol. The molecule has 0 aromatic heterocycles. The topological polar surface area (TPSA) is 46.5 Å². The van der Waals surface area contributed by atoms with Gasteiger partial charge in [0, 0.05) is 6.08 Å². The fourth-order valence-electron chi connectivity index (χ4n) is 0.883. The second-order valence-corrected chi connectivity index (χ2v) is 2.44. The van der Waals surface area contributed by atoms with Gasteiger partial charge in [0.25, 0.3) is 0 Å². The van der Waals surface area contributed by atoms with Gasteiger partial charge in [-0.1, -0.05) is 12.1 Å². The van der Waals surface area contributed by atoms with Gasteiger partial charge in [-0.25, -0.2) is 4.79 Å². The number of carboxylic acid groups (broad SMARTS) is 1. The zero-order valence-corrected chi connectivity index (χ0v) is 7.23. The Morgan fingerprint density at radius 3 is 2.36 bits per heavy atom. The first-order chi connectivity index (χ1) is 6.22. The van der Waals surface area contributed by atoms with E-state index in [4.69, 9.17) is 9.84 Å². The number of benzene rings is 1. The molecule has 1 aromatic rings. The van der Waals surface area contributed by atoms with Crippen molar-refractivity contribution in [2.75, 3.05) is 7.11 Å². The summed E-state index contributed by atoms with van der Waals surface area (Å²) in [6.07, 6.45) is 2.63. The van der Waals surface area contributed by atoms with E-state index >= 15 is 0 Å². The molecule has 4 heteroatoms. The Hall–Kier alpha value is -0.770. The minimum atomic E-state index is -0.948. The molecule has 0 bridgehead atoms. The Balaban J connectivity index is 0.00000169. The van der Waals surface area contributed by atoms with Crippen LogP contribution in [0.3, 0.4) is 0 Å². The van der Waals surface area contributed by atoms with Crippen LogP contribution in [0.4, 0.5) is 0 Å². The van der Waals surface area contributed by atoms with Crippen LogP contribution < -0.4 is 4.74 Å². The Kier molecular flexibility index (Phi) is 6.28. The van der Waals surface area contributed by atoms with E-state index < -0.39 is 5.97 Å². The fraction of sp³-hybridized carbons (Fsp3) is 0.100. The molecule has 0 aliphatic carbocycles. The van der Waals surface area contributed by atoms with Gasteiger partial charge in [-0.05, 0) is 23.8 Å². The van der Waals surface area contributed by atoms with Gasteiger partial charge < -0.3 is 9.84 Å². The van der Waals surface area contributed by atoms with Gasteiger partial charge in [-0.3, -0.25) is 0 Å². The molecular weight excluding hydrogens is 191 g/mol. The van der Waals surface area contributed by atoms with Crippen molar-refractivity contribution in [3.63, 3.8) is 0 Å². The molecule has 3 nitrogen and oxygen atoms in total. The van der Waals surface area contributed by atoms with Crippen molar-refractivity contribution < 1.29 is 14.6 Å². The first-order valence-electron chi connectivity index (χ1n) is 3.77. The molecular formula is C10H11NaO3. The van der Waals surface area contributed by atoms with Crippen LogP contribution in [0.1, 0.15) is 5.56 Å². The summed E-state index contributed by atoms with van der Waals surface area (Å²) in [5.41, 5.74) is 0.836. The molecule has 0 heterocycles. The van der Waals surface area contributed by atoms with E-state index in [1.807, 2.05) is 0 Å². The molecule has 0 spiro atoms. The molecule has 0 amide bonds. The fourth-order valence-corrected chi connectivity index (χ4v) is 0.883. The maximum absolute atomic E-state index is 10.2. The van der Waals surface area contributed by atoms with Crippen LogP contribution in [-0.2, 0) is 4.79 Å². The second-order valence-electron chi connectivity index (χ2n) is 2.44. The summed E-state index contributed by atoms with van der Waals surface area (Å²) in [6, 6.07) is 7.14. The van der Waals surface area contributed by atoms with Crippen LogP contribution in [0.5, 0.6) is 5.75 Å². The summed E-state index contributed by atoms with van der Waals surface area (Å²) in [7, 11) is 1.59. The van der Waals surface area contributed by atoms with Gasteiger partial charge in [0.1, 0.15) is 5.75 Å². The number of ether oxygens (including phenoxy) is 1. The van der Waals surface area contributed by atoms with Crippen LogP contribution in [0, 0.1) is 0 Å². The SMILES string of the molecule is COc1ccc(/C=C/C(=O)O)cc1.[NaH]. The molecule has 0 radical (unpaired) electrons. The summed E-state index contributed by atoms with van der Waals surface area (Å²) < 4.78 is 4.95. The van der Waals surface area contributed by atoms with Crippen LogP contribution in [0.25, 0.3) is 6.08 Å². The van der Waals surface area contributed by atoms with E-state index in [-0.39, 0.29) is 29.6 Å². The summed E-state index contributed by atoms with van der Waals surface area (Å²) in [5.74, 6) is -0.191. The first-order valence-corrected chi connectivity index (χ1v) is 3.77. The zero-order valence-electron chi connectivity index (χ0n) is 7.23. The summed E-state index contributed by atoms with van der Waals surface area (Å²) >= 11 is 0. The molecule has 0 aliphatic rings. The van der Waals surface area contributed by atoms with Crippen molar-refractivity contribution >= 4 is 41.6 Å². The maximum atomic E-state index is 10.2. The van der Waals surface area contributed by atoms with E-state index in [9.17, 15) is 4.79 Å². The van der Waals surface area contributed by atoms with Crippen molar-refractivity contribution in [1.29, 1.82) is 0 Å². The van der Waals surface area contributed by atoms with E-state index in [2.05, 4.69) is 0 Å². The van der Waals surface area contributed by atoms with E-state index in [0.717, 1.165) is 17.4 Å². The van der Waals surface area contributed by atoms with Gasteiger partial charge >= 0.3 is 35.5 Å². The van der Waals surface area contributed by atoms with Gasteiger partial charge in [0.05, 0.1) is 7.11 Å². The average molecular weight is 202 g/mol. The zero-order chi connectivity index (χ0) is 9.68. The van der Waals surface area contributed by atoms with Crippen molar-refractivity contribution in [2.24, 2.45) is 0 Å². The van der Waals surface area contributed by atoms with Crippen LogP contribution in [-0.4, -0.2) is 47.7 Å². The van der Waals surface area contributed by atoms with Crippen LogP contribution >= 0.6 is 0 Å². The summed E-state index contributed by atoms with van der Waals surface area (Å²) in [6.45, 7) is 0. The van der Waals surface area contributed by atoms with Gasteiger partial charge in [0.2, 0.25) is 0 Å². The Labute approximate surface area is 105 Å². The van der Waals surface area contributed by atoms with Gasteiger partial charge in [-0.15, -0.1) is 0 Å². The first kappa shape index (κ1) is 13.2. The molecule has 0 fully saturated rings.